The van der Waals surface area contributed by atoms with E-state index < -0.39 is 12.0 Å². The normalized spacial score (nSPS) is 16.5. The van der Waals surface area contributed by atoms with Crippen LogP contribution in [-0.2, 0) is 4.79 Å². The van der Waals surface area contributed by atoms with Crippen LogP contribution >= 0.6 is 33.9 Å². The second kappa shape index (κ2) is 5.34. The largest absolute Gasteiger partial charge is 0.480 e. The molecule has 1 aromatic rings. The molecule has 1 aromatic heterocycles. The standard InChI is InChI=1S/C11H12INO3S/c12-9-4-7(5-17-9)10(14)13-8(11(15)16)3-6-1-2-6/h4-6,8H,1-3H2,(H,13,14)(H,15,16). The zero-order valence-corrected chi connectivity index (χ0v) is 12.0. The topological polar surface area (TPSA) is 66.4 Å². The number of aliphatic carboxylic acids is 1. The Balaban J connectivity index is 1.96. The molecular weight excluding hydrogens is 353 g/mol. The van der Waals surface area contributed by atoms with Crippen molar-refractivity contribution in [3.63, 3.8) is 0 Å². The van der Waals surface area contributed by atoms with Crippen molar-refractivity contribution in [3.8, 4) is 0 Å². The van der Waals surface area contributed by atoms with Gasteiger partial charge in [0.2, 0.25) is 0 Å². The number of hydrogen-bond acceptors (Lipinski definition) is 3. The fourth-order valence-corrected chi connectivity index (χ4v) is 2.91. The molecule has 17 heavy (non-hydrogen) atoms. The summed E-state index contributed by atoms with van der Waals surface area (Å²) in [6.07, 6.45) is 2.70. The predicted octanol–water partition coefficient (Wildman–Crippen LogP) is 2.34. The second-order valence-corrected chi connectivity index (χ2v) is 6.99. The lowest BCUT2D eigenvalue weighted by molar-refractivity contribution is -0.139. The molecule has 0 saturated heterocycles. The lowest BCUT2D eigenvalue weighted by atomic mass is 10.1. The molecule has 6 heteroatoms. The van der Waals surface area contributed by atoms with E-state index in [1.807, 2.05) is 0 Å². The number of hydrogen-bond donors (Lipinski definition) is 2. The minimum absolute atomic E-state index is 0.294. The molecule has 4 nitrogen and oxygen atoms in total. The van der Waals surface area contributed by atoms with Crippen LogP contribution in [0.1, 0.15) is 29.6 Å². The van der Waals surface area contributed by atoms with Crippen molar-refractivity contribution in [1.29, 1.82) is 0 Å². The Morgan fingerprint density at radius 1 is 1.59 bits per heavy atom. The minimum Gasteiger partial charge on any atom is -0.480 e. The van der Waals surface area contributed by atoms with Gasteiger partial charge in [0.05, 0.1) is 8.45 Å². The van der Waals surface area contributed by atoms with E-state index in [0.717, 1.165) is 15.7 Å². The van der Waals surface area contributed by atoms with Crippen molar-refractivity contribution in [3.05, 3.63) is 19.9 Å². The van der Waals surface area contributed by atoms with E-state index in [1.165, 1.54) is 11.3 Å². The fraction of sp³-hybridized carbons (Fsp3) is 0.455. The monoisotopic (exact) mass is 365 g/mol. The van der Waals surface area contributed by atoms with Crippen LogP contribution in [0, 0.1) is 8.80 Å². The maximum absolute atomic E-state index is 11.8. The van der Waals surface area contributed by atoms with Gasteiger partial charge in [-0.3, -0.25) is 4.79 Å². The van der Waals surface area contributed by atoms with Gasteiger partial charge in [0.15, 0.2) is 0 Å². The molecule has 1 heterocycles. The first-order valence-electron chi connectivity index (χ1n) is 5.34. The minimum atomic E-state index is -0.949. The van der Waals surface area contributed by atoms with Crippen LogP contribution in [0.25, 0.3) is 0 Å². The first-order valence-corrected chi connectivity index (χ1v) is 7.30. The van der Waals surface area contributed by atoms with E-state index in [4.69, 9.17) is 5.11 Å². The summed E-state index contributed by atoms with van der Waals surface area (Å²) in [5.74, 6) is -0.772. The van der Waals surface area contributed by atoms with Crippen molar-refractivity contribution < 1.29 is 14.7 Å². The van der Waals surface area contributed by atoms with E-state index in [-0.39, 0.29) is 5.91 Å². The SMILES string of the molecule is O=C(NC(CC1CC1)C(=O)O)c1csc(I)c1. The van der Waals surface area contributed by atoms with Crippen LogP contribution in [-0.4, -0.2) is 23.0 Å². The van der Waals surface area contributed by atoms with Gasteiger partial charge in [-0.1, -0.05) is 12.8 Å². The summed E-state index contributed by atoms with van der Waals surface area (Å²) in [4.78, 5) is 22.8. The summed E-state index contributed by atoms with van der Waals surface area (Å²) < 4.78 is 1.02. The molecule has 92 valence electrons. The molecule has 0 aromatic carbocycles. The number of amides is 1. The van der Waals surface area contributed by atoms with Gasteiger partial charge in [0.1, 0.15) is 6.04 Å². The van der Waals surface area contributed by atoms with Crippen molar-refractivity contribution in [1.82, 2.24) is 5.32 Å². The number of rotatable bonds is 5. The zero-order chi connectivity index (χ0) is 12.4. The van der Waals surface area contributed by atoms with Gasteiger partial charge in [-0.15, -0.1) is 11.3 Å². The van der Waals surface area contributed by atoms with Crippen molar-refractivity contribution >= 4 is 45.8 Å². The first-order chi connectivity index (χ1) is 8.06. The highest BCUT2D eigenvalue weighted by Crippen LogP contribution is 2.33. The van der Waals surface area contributed by atoms with E-state index in [1.54, 1.807) is 11.4 Å². The van der Waals surface area contributed by atoms with Gasteiger partial charge in [0.25, 0.3) is 5.91 Å². The smallest absolute Gasteiger partial charge is 0.326 e. The Hall–Kier alpha value is -0.630. The highest BCUT2D eigenvalue weighted by Gasteiger charge is 2.30. The highest BCUT2D eigenvalue weighted by atomic mass is 127. The Labute approximate surface area is 117 Å². The van der Waals surface area contributed by atoms with E-state index in [9.17, 15) is 9.59 Å². The van der Waals surface area contributed by atoms with E-state index in [0.29, 0.717) is 17.9 Å². The van der Waals surface area contributed by atoms with Crippen LogP contribution in [0.5, 0.6) is 0 Å². The average Bonchev–Trinajstić information content (AvgIpc) is 2.97. The first kappa shape index (κ1) is 12.8. The molecule has 2 rings (SSSR count). The Morgan fingerprint density at radius 2 is 2.29 bits per heavy atom. The fourth-order valence-electron chi connectivity index (χ4n) is 1.58. The number of carbonyl (C=O) groups is 2. The Morgan fingerprint density at radius 3 is 2.76 bits per heavy atom. The predicted molar refractivity (Wildman–Crippen MR) is 73.3 cm³/mol. The van der Waals surface area contributed by atoms with Crippen molar-refractivity contribution in [2.75, 3.05) is 0 Å². The Kier molecular flexibility index (Phi) is 4.03. The highest BCUT2D eigenvalue weighted by molar-refractivity contribution is 14.1. The van der Waals surface area contributed by atoms with Crippen LogP contribution in [0.2, 0.25) is 0 Å². The van der Waals surface area contributed by atoms with Gasteiger partial charge >= 0.3 is 5.97 Å². The number of halogens is 1. The quantitative estimate of drug-likeness (QED) is 0.788. The zero-order valence-electron chi connectivity index (χ0n) is 8.98. The molecule has 1 fully saturated rings. The van der Waals surface area contributed by atoms with Gasteiger partial charge in [-0.05, 0) is 41.0 Å². The summed E-state index contributed by atoms with van der Waals surface area (Å²) in [6, 6.07) is 1.00. The Bertz CT molecular complexity index is 442. The van der Waals surface area contributed by atoms with Crippen LogP contribution in [0.4, 0.5) is 0 Å². The molecule has 1 amide bonds. The third-order valence-electron chi connectivity index (χ3n) is 2.70. The maximum atomic E-state index is 11.8. The van der Waals surface area contributed by atoms with Gasteiger partial charge < -0.3 is 10.4 Å². The summed E-state index contributed by atoms with van der Waals surface area (Å²) in [6.45, 7) is 0. The van der Waals surface area contributed by atoms with Gasteiger partial charge in [-0.25, -0.2) is 4.79 Å². The third-order valence-corrected chi connectivity index (χ3v) is 4.49. The van der Waals surface area contributed by atoms with Crippen molar-refractivity contribution in [2.45, 2.75) is 25.3 Å². The third kappa shape index (κ3) is 3.67. The summed E-state index contributed by atoms with van der Waals surface area (Å²) in [7, 11) is 0. The molecule has 2 N–H and O–H groups in total. The molecule has 1 aliphatic rings. The van der Waals surface area contributed by atoms with Crippen LogP contribution < -0.4 is 5.32 Å². The summed E-state index contributed by atoms with van der Waals surface area (Å²) in [5.41, 5.74) is 0.543. The molecule has 0 bridgehead atoms. The van der Waals surface area contributed by atoms with E-state index in [2.05, 4.69) is 27.9 Å². The number of carboxylic acids is 1. The molecule has 0 aliphatic heterocycles. The second-order valence-electron chi connectivity index (χ2n) is 4.18. The number of thiophene rings is 1. The van der Waals surface area contributed by atoms with Crippen molar-refractivity contribution in [2.24, 2.45) is 5.92 Å². The van der Waals surface area contributed by atoms with Gasteiger partial charge in [0, 0.05) is 5.38 Å². The number of carbonyl (C=O) groups excluding carboxylic acids is 1. The molecular formula is C11H12INO3S. The molecule has 0 radical (unpaired) electrons. The van der Waals surface area contributed by atoms with Crippen LogP contribution in [0.3, 0.4) is 0 Å². The molecule has 0 spiro atoms. The lowest BCUT2D eigenvalue weighted by Crippen LogP contribution is -2.41. The van der Waals surface area contributed by atoms with Crippen LogP contribution in [0.15, 0.2) is 11.4 Å². The molecule has 1 saturated carbocycles. The molecule has 1 aliphatic carbocycles. The molecule has 1 unspecified atom stereocenters. The van der Waals surface area contributed by atoms with E-state index >= 15 is 0 Å². The maximum Gasteiger partial charge on any atom is 0.326 e. The summed E-state index contributed by atoms with van der Waals surface area (Å²) in [5, 5.41) is 13.4. The number of carboxylic acid groups (broad SMARTS) is 1. The molecule has 1 atom stereocenters. The van der Waals surface area contributed by atoms with Gasteiger partial charge in [-0.2, -0.15) is 0 Å². The lowest BCUT2D eigenvalue weighted by Gasteiger charge is -2.13. The summed E-state index contributed by atoms with van der Waals surface area (Å²) >= 11 is 3.61. The average molecular weight is 365 g/mol. The number of nitrogens with one attached hydrogen (secondary N) is 1.